The minimum atomic E-state index is -0.706. The highest BCUT2D eigenvalue weighted by atomic mass is 32.1. The molecule has 118 valence electrons. The van der Waals surface area contributed by atoms with Gasteiger partial charge >= 0.3 is 0 Å². The molecule has 0 bridgehead atoms. The summed E-state index contributed by atoms with van der Waals surface area (Å²) < 4.78 is 5.13. The third-order valence-electron chi connectivity index (χ3n) is 3.73. The number of methoxy groups -OCH3 is 1. The summed E-state index contributed by atoms with van der Waals surface area (Å²) in [5.74, 6) is 0.757. The SMILES string of the molecule is COc1ccc([C@H](O)c2ccc([C@@H](O)c3ccccc3)s2)cc1. The molecule has 4 heteroatoms. The van der Waals surface area contributed by atoms with Gasteiger partial charge in [-0.2, -0.15) is 0 Å². The maximum absolute atomic E-state index is 10.5. The van der Waals surface area contributed by atoms with E-state index in [1.165, 1.54) is 11.3 Å². The second-order valence-electron chi connectivity index (χ2n) is 5.23. The van der Waals surface area contributed by atoms with Crippen molar-refractivity contribution in [3.63, 3.8) is 0 Å². The third kappa shape index (κ3) is 3.45. The van der Waals surface area contributed by atoms with Crippen molar-refractivity contribution in [1.82, 2.24) is 0 Å². The number of aliphatic hydroxyl groups is 2. The molecule has 0 unspecified atom stereocenters. The molecule has 0 saturated heterocycles. The average molecular weight is 326 g/mol. The van der Waals surface area contributed by atoms with Crippen molar-refractivity contribution in [3.8, 4) is 5.75 Å². The van der Waals surface area contributed by atoms with Crippen molar-refractivity contribution in [2.45, 2.75) is 12.2 Å². The Morgan fingerprint density at radius 3 is 1.78 bits per heavy atom. The molecule has 1 aromatic heterocycles. The first-order chi connectivity index (χ1) is 11.2. The van der Waals surface area contributed by atoms with Gasteiger partial charge in [-0.1, -0.05) is 42.5 Å². The number of rotatable bonds is 5. The highest BCUT2D eigenvalue weighted by molar-refractivity contribution is 7.12. The number of hydrogen-bond acceptors (Lipinski definition) is 4. The van der Waals surface area contributed by atoms with Crippen LogP contribution in [0.4, 0.5) is 0 Å². The molecule has 0 aliphatic rings. The maximum Gasteiger partial charge on any atom is 0.118 e. The molecule has 2 N–H and O–H groups in total. The van der Waals surface area contributed by atoms with E-state index in [4.69, 9.17) is 4.74 Å². The first-order valence-corrected chi connectivity index (χ1v) is 8.15. The largest absolute Gasteiger partial charge is 0.497 e. The Bertz CT molecular complexity index is 750. The Morgan fingerprint density at radius 1 is 0.739 bits per heavy atom. The molecule has 0 fully saturated rings. The molecule has 3 nitrogen and oxygen atoms in total. The van der Waals surface area contributed by atoms with Crippen molar-refractivity contribution in [1.29, 1.82) is 0 Å². The molecule has 1 heterocycles. The highest BCUT2D eigenvalue weighted by Gasteiger charge is 2.17. The quantitative estimate of drug-likeness (QED) is 0.747. The third-order valence-corrected chi connectivity index (χ3v) is 4.92. The van der Waals surface area contributed by atoms with Gasteiger partial charge in [-0.05, 0) is 35.4 Å². The van der Waals surface area contributed by atoms with Crippen LogP contribution in [0.15, 0.2) is 66.7 Å². The van der Waals surface area contributed by atoms with Crippen LogP contribution in [0.3, 0.4) is 0 Å². The summed E-state index contributed by atoms with van der Waals surface area (Å²) in [6.45, 7) is 0. The van der Waals surface area contributed by atoms with E-state index in [2.05, 4.69) is 0 Å². The fraction of sp³-hybridized carbons (Fsp3) is 0.158. The maximum atomic E-state index is 10.5. The monoisotopic (exact) mass is 326 g/mol. The van der Waals surface area contributed by atoms with Gasteiger partial charge in [0.1, 0.15) is 18.0 Å². The molecule has 0 aliphatic heterocycles. The molecule has 2 aromatic carbocycles. The van der Waals surface area contributed by atoms with Gasteiger partial charge in [0.05, 0.1) is 7.11 Å². The summed E-state index contributed by atoms with van der Waals surface area (Å²) in [7, 11) is 1.61. The summed E-state index contributed by atoms with van der Waals surface area (Å²) in [6, 6.07) is 20.6. The van der Waals surface area contributed by atoms with Crippen molar-refractivity contribution in [2.24, 2.45) is 0 Å². The second kappa shape index (κ2) is 6.96. The standard InChI is InChI=1S/C19H18O3S/c1-22-15-9-7-14(8-10-15)19(21)17-12-11-16(23-17)18(20)13-5-3-2-4-6-13/h2-12,18-21H,1H3/t18-,19-/m0/s1. The Hall–Kier alpha value is -2.14. The molecule has 2 atom stereocenters. The van der Waals surface area contributed by atoms with Gasteiger partial charge in [-0.25, -0.2) is 0 Å². The predicted molar refractivity (Wildman–Crippen MR) is 91.9 cm³/mol. The zero-order chi connectivity index (χ0) is 16.2. The molecular weight excluding hydrogens is 308 g/mol. The van der Waals surface area contributed by atoms with Crippen LogP contribution < -0.4 is 4.74 Å². The summed E-state index contributed by atoms with van der Waals surface area (Å²) >= 11 is 1.42. The topological polar surface area (TPSA) is 49.7 Å². The van der Waals surface area contributed by atoms with E-state index in [-0.39, 0.29) is 0 Å². The van der Waals surface area contributed by atoms with E-state index in [0.717, 1.165) is 26.6 Å². The van der Waals surface area contributed by atoms with E-state index in [0.29, 0.717) is 0 Å². The number of ether oxygens (including phenoxy) is 1. The lowest BCUT2D eigenvalue weighted by molar-refractivity contribution is 0.223. The van der Waals surface area contributed by atoms with E-state index in [1.54, 1.807) is 7.11 Å². The van der Waals surface area contributed by atoms with Crippen molar-refractivity contribution < 1.29 is 14.9 Å². The lowest BCUT2D eigenvalue weighted by atomic mass is 10.1. The van der Waals surface area contributed by atoms with Crippen LogP contribution >= 0.6 is 11.3 Å². The smallest absolute Gasteiger partial charge is 0.118 e. The van der Waals surface area contributed by atoms with E-state index in [9.17, 15) is 10.2 Å². The normalized spacial score (nSPS) is 13.5. The Morgan fingerprint density at radius 2 is 1.26 bits per heavy atom. The van der Waals surface area contributed by atoms with Crippen LogP contribution in [-0.4, -0.2) is 17.3 Å². The highest BCUT2D eigenvalue weighted by Crippen LogP contribution is 2.34. The zero-order valence-electron chi connectivity index (χ0n) is 12.7. The summed E-state index contributed by atoms with van der Waals surface area (Å²) in [6.07, 6.45) is -1.37. The molecule has 23 heavy (non-hydrogen) atoms. The first kappa shape index (κ1) is 15.7. The predicted octanol–water partition coefficient (Wildman–Crippen LogP) is 3.92. The molecular formula is C19H18O3S. The number of benzene rings is 2. The van der Waals surface area contributed by atoms with E-state index >= 15 is 0 Å². The van der Waals surface area contributed by atoms with Crippen LogP contribution in [0, 0.1) is 0 Å². The second-order valence-corrected chi connectivity index (χ2v) is 6.38. The molecule has 0 spiro atoms. The van der Waals surface area contributed by atoms with E-state index < -0.39 is 12.2 Å². The van der Waals surface area contributed by atoms with Crippen LogP contribution in [0.2, 0.25) is 0 Å². The summed E-state index contributed by atoms with van der Waals surface area (Å²) in [4.78, 5) is 1.62. The minimum Gasteiger partial charge on any atom is -0.497 e. The van der Waals surface area contributed by atoms with Gasteiger partial charge in [0.25, 0.3) is 0 Å². The fourth-order valence-corrected chi connectivity index (χ4v) is 3.45. The van der Waals surface area contributed by atoms with Crippen LogP contribution in [-0.2, 0) is 0 Å². The van der Waals surface area contributed by atoms with Crippen LogP contribution in [0.25, 0.3) is 0 Å². The van der Waals surface area contributed by atoms with Gasteiger partial charge in [0.15, 0.2) is 0 Å². The Balaban J connectivity index is 1.80. The van der Waals surface area contributed by atoms with Gasteiger partial charge in [-0.3, -0.25) is 0 Å². The molecule has 3 aromatic rings. The molecule has 3 rings (SSSR count). The lowest BCUT2D eigenvalue weighted by Crippen LogP contribution is -1.97. The first-order valence-electron chi connectivity index (χ1n) is 7.33. The summed E-state index contributed by atoms with van der Waals surface area (Å²) in [5, 5.41) is 20.9. The summed E-state index contributed by atoms with van der Waals surface area (Å²) in [5.41, 5.74) is 1.65. The van der Waals surface area contributed by atoms with Gasteiger partial charge < -0.3 is 14.9 Å². The lowest BCUT2D eigenvalue weighted by Gasteiger charge is -2.11. The number of aliphatic hydroxyl groups excluding tert-OH is 2. The molecule has 0 aliphatic carbocycles. The van der Waals surface area contributed by atoms with E-state index in [1.807, 2.05) is 66.7 Å². The number of thiophene rings is 1. The fourth-order valence-electron chi connectivity index (χ4n) is 2.41. The molecule has 0 radical (unpaired) electrons. The van der Waals surface area contributed by atoms with Crippen molar-refractivity contribution in [2.75, 3.05) is 7.11 Å². The van der Waals surface area contributed by atoms with Gasteiger partial charge in [-0.15, -0.1) is 11.3 Å². The van der Waals surface area contributed by atoms with Crippen molar-refractivity contribution in [3.05, 3.63) is 87.6 Å². The minimum absolute atomic E-state index is 0.669. The molecule has 0 saturated carbocycles. The Labute approximate surface area is 139 Å². The average Bonchev–Trinajstić information content (AvgIpc) is 3.11. The zero-order valence-corrected chi connectivity index (χ0v) is 13.5. The number of hydrogen-bond donors (Lipinski definition) is 2. The Kier molecular flexibility index (Phi) is 4.76. The van der Waals surface area contributed by atoms with Crippen LogP contribution in [0.5, 0.6) is 5.75 Å². The van der Waals surface area contributed by atoms with Gasteiger partial charge in [0, 0.05) is 9.75 Å². The molecule has 0 amide bonds. The van der Waals surface area contributed by atoms with Crippen LogP contribution in [0.1, 0.15) is 33.1 Å². The van der Waals surface area contributed by atoms with Crippen molar-refractivity contribution >= 4 is 11.3 Å². The van der Waals surface area contributed by atoms with Gasteiger partial charge in [0.2, 0.25) is 0 Å².